The van der Waals surface area contributed by atoms with Gasteiger partial charge in [0.2, 0.25) is 0 Å². The van der Waals surface area contributed by atoms with Gasteiger partial charge in [0.05, 0.1) is 0 Å². The highest BCUT2D eigenvalue weighted by atomic mass is 127. The van der Waals surface area contributed by atoms with Gasteiger partial charge in [-0.1, -0.05) is 40.8 Å². The average Bonchev–Trinajstić information content (AvgIpc) is 1.98. The van der Waals surface area contributed by atoms with Crippen molar-refractivity contribution in [3.63, 3.8) is 0 Å². The predicted octanol–water partition coefficient (Wildman–Crippen LogP) is 2.14. The number of hydrogen-bond donors (Lipinski definition) is 1. The minimum absolute atomic E-state index is 0.962. The summed E-state index contributed by atoms with van der Waals surface area (Å²) in [5, 5.41) is 3.11. The summed E-state index contributed by atoms with van der Waals surface area (Å²) in [6.07, 6.45) is 6.44. The van der Waals surface area contributed by atoms with Gasteiger partial charge in [0.25, 0.3) is 0 Å². The van der Waals surface area contributed by atoms with Gasteiger partial charge in [0.1, 0.15) is 0 Å². The molecular weight excluding hydrogens is 237 g/mol. The molecule has 0 bridgehead atoms. The lowest BCUT2D eigenvalue weighted by atomic mass is 10.2. The first-order chi connectivity index (χ1) is 4.85. The largest absolute Gasteiger partial charge is 0.316 e. The van der Waals surface area contributed by atoms with Crippen molar-refractivity contribution in [3.8, 4) is 0 Å². The van der Waals surface area contributed by atoms with E-state index in [9.17, 15) is 0 Å². The van der Waals surface area contributed by atoms with Crippen molar-refractivity contribution in [2.24, 2.45) is 0 Å². The van der Waals surface area contributed by atoms with Crippen molar-refractivity contribution in [3.05, 3.63) is 23.8 Å². The van der Waals surface area contributed by atoms with Crippen LogP contribution in [0.25, 0.3) is 0 Å². The van der Waals surface area contributed by atoms with E-state index >= 15 is 0 Å². The van der Waals surface area contributed by atoms with Crippen LogP contribution >= 0.6 is 22.6 Å². The van der Waals surface area contributed by atoms with Crippen LogP contribution in [0.4, 0.5) is 0 Å². The Kier molecular flexibility index (Phi) is 7.40. The molecule has 58 valence electrons. The van der Waals surface area contributed by atoms with Gasteiger partial charge >= 0.3 is 0 Å². The Labute approximate surface area is 76.7 Å². The molecule has 0 aromatic rings. The van der Waals surface area contributed by atoms with Gasteiger partial charge in [0.15, 0.2) is 0 Å². The van der Waals surface area contributed by atoms with E-state index in [0.29, 0.717) is 0 Å². The second-order valence-electron chi connectivity index (χ2n) is 1.95. The van der Waals surface area contributed by atoms with E-state index in [4.69, 9.17) is 0 Å². The number of alkyl halides is 1. The van der Waals surface area contributed by atoms with Crippen LogP contribution in [-0.2, 0) is 0 Å². The average molecular weight is 251 g/mol. The monoisotopic (exact) mass is 251 g/mol. The summed E-state index contributed by atoms with van der Waals surface area (Å²) >= 11 is 2.33. The molecule has 0 fully saturated rings. The molecule has 0 atom stereocenters. The molecule has 0 aromatic carbocycles. The van der Waals surface area contributed by atoms with Gasteiger partial charge in [-0.25, -0.2) is 0 Å². The topological polar surface area (TPSA) is 12.0 Å². The fourth-order valence-electron chi connectivity index (χ4n) is 0.657. The van der Waals surface area contributed by atoms with Crippen LogP contribution in [-0.4, -0.2) is 18.0 Å². The molecule has 0 aliphatic heterocycles. The summed E-state index contributed by atoms with van der Waals surface area (Å²) in [5.41, 5.74) is 1.35. The second-order valence-corrected chi connectivity index (χ2v) is 2.83. The lowest BCUT2D eigenvalue weighted by molar-refractivity contribution is 0.894. The quantitative estimate of drug-likeness (QED) is 0.458. The predicted molar refractivity (Wildman–Crippen MR) is 55.7 cm³/mol. The molecule has 0 radical (unpaired) electrons. The first-order valence-corrected chi connectivity index (χ1v) is 4.90. The maximum atomic E-state index is 3.11. The van der Waals surface area contributed by atoms with Crippen LogP contribution in [0.1, 0.15) is 6.92 Å². The third-order valence-corrected chi connectivity index (χ3v) is 1.68. The molecule has 0 saturated carbocycles. The molecule has 1 N–H and O–H groups in total. The highest BCUT2D eigenvalue weighted by molar-refractivity contribution is 14.1. The number of nitrogens with one attached hydrogen (secondary N) is 1. The zero-order chi connectivity index (χ0) is 7.82. The minimum Gasteiger partial charge on any atom is -0.316 e. The number of allylic oxidation sites excluding steroid dienone is 2. The molecule has 0 saturated heterocycles. The third kappa shape index (κ3) is 4.99. The number of likely N-dealkylation sites (N-methyl/N-ethyl adjacent to an activating group) is 1. The van der Waals surface area contributed by atoms with E-state index in [0.717, 1.165) is 11.0 Å². The first-order valence-electron chi connectivity index (χ1n) is 3.37. The maximum absolute atomic E-state index is 3.11. The Morgan fingerprint density at radius 3 is 2.70 bits per heavy atom. The molecule has 2 heteroatoms. The van der Waals surface area contributed by atoms with Gasteiger partial charge in [-0.05, 0) is 19.5 Å². The minimum atomic E-state index is 0.962. The van der Waals surface area contributed by atoms with Crippen molar-refractivity contribution < 1.29 is 0 Å². The highest BCUT2D eigenvalue weighted by Crippen LogP contribution is 1.95. The molecule has 0 aliphatic rings. The second kappa shape index (κ2) is 7.28. The van der Waals surface area contributed by atoms with Gasteiger partial charge in [-0.3, -0.25) is 0 Å². The number of rotatable bonds is 4. The summed E-state index contributed by atoms with van der Waals surface area (Å²) in [5.74, 6) is 0. The Balaban J connectivity index is 3.72. The number of halogens is 1. The van der Waals surface area contributed by atoms with Gasteiger partial charge in [-0.15, -0.1) is 0 Å². The molecule has 0 rings (SSSR count). The van der Waals surface area contributed by atoms with E-state index in [1.54, 1.807) is 0 Å². The molecule has 0 unspecified atom stereocenters. The molecule has 0 spiro atoms. The van der Waals surface area contributed by atoms with Crippen LogP contribution in [0.3, 0.4) is 0 Å². The SMILES string of the molecule is C/C=C(\C=C/CI)CNC. The van der Waals surface area contributed by atoms with E-state index in [2.05, 4.69) is 53.1 Å². The van der Waals surface area contributed by atoms with Gasteiger partial charge in [0, 0.05) is 11.0 Å². The molecule has 0 aliphatic carbocycles. The first kappa shape index (κ1) is 10.2. The molecule has 0 heterocycles. The van der Waals surface area contributed by atoms with Crippen LogP contribution < -0.4 is 5.32 Å². The third-order valence-electron chi connectivity index (χ3n) is 1.17. The van der Waals surface area contributed by atoms with Gasteiger partial charge in [-0.2, -0.15) is 0 Å². The lowest BCUT2D eigenvalue weighted by Crippen LogP contribution is -2.08. The van der Waals surface area contributed by atoms with Crippen molar-refractivity contribution in [1.82, 2.24) is 5.32 Å². The van der Waals surface area contributed by atoms with Crippen molar-refractivity contribution in [2.45, 2.75) is 6.92 Å². The van der Waals surface area contributed by atoms with Crippen LogP contribution in [0.15, 0.2) is 23.8 Å². The van der Waals surface area contributed by atoms with Gasteiger partial charge < -0.3 is 5.32 Å². The van der Waals surface area contributed by atoms with E-state index in [1.165, 1.54) is 5.57 Å². The molecule has 10 heavy (non-hydrogen) atoms. The number of hydrogen-bond acceptors (Lipinski definition) is 1. The van der Waals surface area contributed by atoms with Crippen LogP contribution in [0, 0.1) is 0 Å². The summed E-state index contributed by atoms with van der Waals surface area (Å²) in [4.78, 5) is 0. The Morgan fingerprint density at radius 1 is 1.60 bits per heavy atom. The Bertz CT molecular complexity index is 127. The van der Waals surface area contributed by atoms with E-state index in [1.807, 2.05) is 7.05 Å². The lowest BCUT2D eigenvalue weighted by Gasteiger charge is -1.97. The smallest absolute Gasteiger partial charge is 0.0199 e. The highest BCUT2D eigenvalue weighted by Gasteiger charge is 1.84. The summed E-state index contributed by atoms with van der Waals surface area (Å²) in [7, 11) is 1.96. The molecular formula is C8H14IN. The molecule has 0 amide bonds. The van der Waals surface area contributed by atoms with Crippen molar-refractivity contribution >= 4 is 22.6 Å². The van der Waals surface area contributed by atoms with Crippen LogP contribution in [0.5, 0.6) is 0 Å². The summed E-state index contributed by atoms with van der Waals surface area (Å²) in [6, 6.07) is 0. The Morgan fingerprint density at radius 2 is 2.30 bits per heavy atom. The zero-order valence-corrected chi connectivity index (χ0v) is 8.68. The normalized spacial score (nSPS) is 12.9. The zero-order valence-electron chi connectivity index (χ0n) is 6.52. The van der Waals surface area contributed by atoms with Crippen LogP contribution in [0.2, 0.25) is 0 Å². The maximum Gasteiger partial charge on any atom is 0.0199 e. The summed E-state index contributed by atoms with van der Waals surface area (Å²) < 4.78 is 1.08. The fourth-order valence-corrected chi connectivity index (χ4v) is 0.912. The standard InChI is InChI=1S/C8H14IN/c1-3-8(7-10-2)5-4-6-9/h3-5,10H,6-7H2,1-2H3/b5-4-,8-3+. The molecule has 0 aromatic heterocycles. The van der Waals surface area contributed by atoms with E-state index < -0.39 is 0 Å². The van der Waals surface area contributed by atoms with Crippen molar-refractivity contribution in [2.75, 3.05) is 18.0 Å². The Hall–Kier alpha value is 0.170. The van der Waals surface area contributed by atoms with E-state index in [-0.39, 0.29) is 0 Å². The van der Waals surface area contributed by atoms with Crippen molar-refractivity contribution in [1.29, 1.82) is 0 Å². The summed E-state index contributed by atoms with van der Waals surface area (Å²) in [6.45, 7) is 3.02. The molecule has 1 nitrogen and oxygen atoms in total. The fraction of sp³-hybridized carbons (Fsp3) is 0.500.